The molecular weight excluding hydrogens is 460 g/mol. The molecule has 1 fully saturated rings. The smallest absolute Gasteiger partial charge is 0.251 e. The van der Waals surface area contributed by atoms with E-state index in [1.807, 2.05) is 53.4 Å². The molecule has 4 rings (SSSR count). The number of benzene rings is 2. The van der Waals surface area contributed by atoms with Crippen LogP contribution >= 0.6 is 23.4 Å². The highest BCUT2D eigenvalue weighted by molar-refractivity contribution is 7.98. The number of carbonyl (C=O) groups excluding carboxylic acids is 1. The van der Waals surface area contributed by atoms with Gasteiger partial charge < -0.3 is 19.5 Å². The number of anilines is 1. The number of amides is 1. The maximum Gasteiger partial charge on any atom is 0.251 e. The van der Waals surface area contributed by atoms with Gasteiger partial charge in [0, 0.05) is 43.0 Å². The number of halogens is 1. The second-order valence-electron chi connectivity index (χ2n) is 7.68. The maximum atomic E-state index is 12.9. The van der Waals surface area contributed by atoms with Crippen molar-refractivity contribution in [2.24, 2.45) is 0 Å². The Morgan fingerprint density at radius 1 is 1.12 bits per heavy atom. The third kappa shape index (κ3) is 6.09. The second kappa shape index (κ2) is 10.8. The van der Waals surface area contributed by atoms with Gasteiger partial charge in [-0.15, -0.1) is 0 Å². The van der Waals surface area contributed by atoms with Crippen molar-refractivity contribution in [3.8, 4) is 5.75 Å². The van der Waals surface area contributed by atoms with E-state index in [0.717, 1.165) is 30.1 Å². The molecule has 0 unspecified atom stereocenters. The van der Waals surface area contributed by atoms with Gasteiger partial charge in [0.25, 0.3) is 5.56 Å². The summed E-state index contributed by atoms with van der Waals surface area (Å²) in [4.78, 5) is 36.3. The lowest BCUT2D eigenvalue weighted by atomic mass is 10.2. The van der Waals surface area contributed by atoms with Gasteiger partial charge in [-0.1, -0.05) is 47.6 Å². The topological polar surface area (TPSA) is 78.5 Å². The molecule has 1 aliphatic rings. The number of methoxy groups -OCH3 is 1. The first-order valence-electron chi connectivity index (χ1n) is 10.6. The van der Waals surface area contributed by atoms with Crippen molar-refractivity contribution in [3.05, 3.63) is 81.2 Å². The largest absolute Gasteiger partial charge is 0.495 e. The molecule has 0 atom stereocenters. The number of nitrogens with one attached hydrogen (secondary N) is 1. The summed E-state index contributed by atoms with van der Waals surface area (Å²) >= 11 is 7.44. The van der Waals surface area contributed by atoms with E-state index >= 15 is 0 Å². The van der Waals surface area contributed by atoms with Gasteiger partial charge in [0.2, 0.25) is 5.91 Å². The summed E-state index contributed by atoms with van der Waals surface area (Å²) in [6, 6.07) is 16.8. The van der Waals surface area contributed by atoms with E-state index in [0.29, 0.717) is 34.7 Å². The minimum Gasteiger partial charge on any atom is -0.495 e. The molecule has 0 bridgehead atoms. The van der Waals surface area contributed by atoms with Crippen LogP contribution < -0.4 is 15.2 Å². The van der Waals surface area contributed by atoms with Crippen LogP contribution in [-0.2, 0) is 17.0 Å². The summed E-state index contributed by atoms with van der Waals surface area (Å²) in [5, 5.41) is 1.16. The molecule has 2 heterocycles. The molecule has 1 N–H and O–H groups in total. The molecule has 7 nitrogen and oxygen atoms in total. The molecule has 0 aliphatic carbocycles. The van der Waals surface area contributed by atoms with E-state index in [1.165, 1.54) is 17.8 Å². The van der Waals surface area contributed by atoms with Crippen molar-refractivity contribution in [1.29, 1.82) is 0 Å². The highest BCUT2D eigenvalue weighted by Crippen LogP contribution is 2.28. The van der Waals surface area contributed by atoms with Crippen LogP contribution in [0.15, 0.2) is 64.5 Å². The Balaban J connectivity index is 1.35. The molecule has 3 aromatic rings. The first-order chi connectivity index (χ1) is 16.0. The van der Waals surface area contributed by atoms with E-state index in [-0.39, 0.29) is 17.9 Å². The molecule has 0 radical (unpaired) electrons. The van der Waals surface area contributed by atoms with Gasteiger partial charge in [0.05, 0.1) is 24.9 Å². The molecule has 1 amide bonds. The average molecular weight is 485 g/mol. The lowest BCUT2D eigenvalue weighted by Gasteiger charge is -2.36. The van der Waals surface area contributed by atoms with E-state index in [1.54, 1.807) is 7.11 Å². The number of carbonyl (C=O) groups is 1. The first kappa shape index (κ1) is 23.2. The number of rotatable bonds is 7. The summed E-state index contributed by atoms with van der Waals surface area (Å²) in [5.41, 5.74) is 2.28. The van der Waals surface area contributed by atoms with Crippen LogP contribution in [0.25, 0.3) is 0 Å². The van der Waals surface area contributed by atoms with Crippen LogP contribution in [0.4, 0.5) is 5.69 Å². The summed E-state index contributed by atoms with van der Waals surface area (Å²) in [6.07, 6.45) is 0.100. The SMILES string of the molecule is COc1ccccc1N1CCN(C(=O)Cc2cc(=O)[nH]c(SCc3cccc(Cl)c3)n2)CC1. The van der Waals surface area contributed by atoms with Crippen LogP contribution in [0.2, 0.25) is 5.02 Å². The van der Waals surface area contributed by atoms with E-state index in [4.69, 9.17) is 16.3 Å². The maximum absolute atomic E-state index is 12.9. The van der Waals surface area contributed by atoms with Gasteiger partial charge in [0.1, 0.15) is 5.75 Å². The summed E-state index contributed by atoms with van der Waals surface area (Å²) in [6.45, 7) is 2.65. The number of H-pyrrole nitrogens is 1. The average Bonchev–Trinajstić information content (AvgIpc) is 2.82. The first-order valence-corrected chi connectivity index (χ1v) is 12.0. The van der Waals surface area contributed by atoms with Gasteiger partial charge in [-0.3, -0.25) is 9.59 Å². The third-order valence-electron chi connectivity index (χ3n) is 5.43. The van der Waals surface area contributed by atoms with Crippen molar-refractivity contribution in [1.82, 2.24) is 14.9 Å². The van der Waals surface area contributed by atoms with E-state index in [9.17, 15) is 9.59 Å². The standard InChI is InChI=1S/C24H25ClN4O3S/c1-32-21-8-3-2-7-20(21)28-9-11-29(12-10-28)23(31)15-19-14-22(30)27-24(26-19)33-16-17-5-4-6-18(25)13-17/h2-8,13-14H,9-12,15-16H2,1H3,(H,26,27,30). The number of aromatic nitrogens is 2. The molecular formula is C24H25ClN4O3S. The molecule has 9 heteroatoms. The molecule has 33 heavy (non-hydrogen) atoms. The van der Waals surface area contributed by atoms with Gasteiger partial charge in [0.15, 0.2) is 5.16 Å². The zero-order valence-corrected chi connectivity index (χ0v) is 19.9. The molecule has 172 valence electrons. The number of hydrogen-bond acceptors (Lipinski definition) is 6. The highest BCUT2D eigenvalue weighted by atomic mass is 35.5. The van der Waals surface area contributed by atoms with Gasteiger partial charge in [-0.05, 0) is 29.8 Å². The van der Waals surface area contributed by atoms with E-state index < -0.39 is 0 Å². The number of ether oxygens (including phenoxy) is 1. The number of thioether (sulfide) groups is 1. The number of nitrogens with zero attached hydrogens (tertiary/aromatic N) is 3. The lowest BCUT2D eigenvalue weighted by molar-refractivity contribution is -0.130. The van der Waals surface area contributed by atoms with Crippen LogP contribution in [-0.4, -0.2) is 54.1 Å². The molecule has 0 saturated carbocycles. The fourth-order valence-corrected chi connectivity index (χ4v) is 4.83. The van der Waals surface area contributed by atoms with Gasteiger partial charge in [-0.25, -0.2) is 4.98 Å². The van der Waals surface area contributed by atoms with Crippen LogP contribution in [0.3, 0.4) is 0 Å². The van der Waals surface area contributed by atoms with Crippen molar-refractivity contribution in [2.45, 2.75) is 17.3 Å². The molecule has 2 aromatic carbocycles. The Bertz CT molecular complexity index is 1180. The fourth-order valence-electron chi connectivity index (χ4n) is 3.78. The predicted molar refractivity (Wildman–Crippen MR) is 131 cm³/mol. The Hall–Kier alpha value is -2.97. The molecule has 1 saturated heterocycles. The molecule has 1 aromatic heterocycles. The Morgan fingerprint density at radius 3 is 2.67 bits per heavy atom. The zero-order chi connectivity index (χ0) is 23.2. The predicted octanol–water partition coefficient (Wildman–Crippen LogP) is 3.62. The quantitative estimate of drug-likeness (QED) is 0.407. The van der Waals surface area contributed by atoms with Crippen molar-refractivity contribution in [3.63, 3.8) is 0 Å². The van der Waals surface area contributed by atoms with Gasteiger partial charge >= 0.3 is 0 Å². The van der Waals surface area contributed by atoms with Crippen LogP contribution in [0.5, 0.6) is 5.75 Å². The van der Waals surface area contributed by atoms with Crippen molar-refractivity contribution in [2.75, 3.05) is 38.2 Å². The Morgan fingerprint density at radius 2 is 1.91 bits per heavy atom. The number of para-hydroxylation sites is 2. The van der Waals surface area contributed by atoms with Crippen LogP contribution in [0, 0.1) is 0 Å². The summed E-state index contributed by atoms with van der Waals surface area (Å²) < 4.78 is 5.46. The minimum absolute atomic E-state index is 0.0291. The normalized spacial score (nSPS) is 13.8. The van der Waals surface area contributed by atoms with Crippen molar-refractivity contribution >= 4 is 35.0 Å². The lowest BCUT2D eigenvalue weighted by Crippen LogP contribution is -2.49. The second-order valence-corrected chi connectivity index (χ2v) is 9.08. The highest BCUT2D eigenvalue weighted by Gasteiger charge is 2.23. The minimum atomic E-state index is -0.262. The third-order valence-corrected chi connectivity index (χ3v) is 6.61. The molecule has 1 aliphatic heterocycles. The number of piperazine rings is 1. The zero-order valence-electron chi connectivity index (χ0n) is 18.3. The van der Waals surface area contributed by atoms with Crippen molar-refractivity contribution < 1.29 is 9.53 Å². The fraction of sp³-hybridized carbons (Fsp3) is 0.292. The van der Waals surface area contributed by atoms with E-state index in [2.05, 4.69) is 14.9 Å². The summed E-state index contributed by atoms with van der Waals surface area (Å²) in [7, 11) is 1.66. The Labute approximate surface area is 201 Å². The van der Waals surface area contributed by atoms with Gasteiger partial charge in [-0.2, -0.15) is 0 Å². The number of aromatic amines is 1. The Kier molecular flexibility index (Phi) is 7.57. The number of hydrogen-bond donors (Lipinski definition) is 1. The summed E-state index contributed by atoms with van der Waals surface area (Å²) in [5.74, 6) is 1.41. The van der Waals surface area contributed by atoms with Crippen LogP contribution in [0.1, 0.15) is 11.3 Å². The monoisotopic (exact) mass is 484 g/mol. The molecule has 0 spiro atoms.